The Hall–Kier alpha value is -1.91. The summed E-state index contributed by atoms with van der Waals surface area (Å²) in [5.41, 5.74) is 1.81. The lowest BCUT2D eigenvalue weighted by Gasteiger charge is -1.98. The molecule has 2 aromatic rings. The molecule has 0 aliphatic heterocycles. The molecule has 2 aromatic heterocycles. The van der Waals surface area contributed by atoms with Crippen LogP contribution in [0.2, 0.25) is 0 Å². The van der Waals surface area contributed by atoms with Crippen LogP contribution in [0.3, 0.4) is 0 Å². The molecular formula is C11H12N2O3. The van der Waals surface area contributed by atoms with Crippen molar-refractivity contribution in [2.45, 2.75) is 26.7 Å². The molecule has 84 valence electrons. The van der Waals surface area contributed by atoms with Gasteiger partial charge >= 0.3 is 0 Å². The predicted octanol–water partition coefficient (Wildman–Crippen LogP) is 2.57. The standard InChI is InChI=1S/C11H12N2O3/c1-6(2)10-7(3)9(13-16-10)11-8(5-14)4-12-15-11/h4-6H,1-3H3. The van der Waals surface area contributed by atoms with Crippen molar-refractivity contribution >= 4 is 6.29 Å². The Morgan fingerprint density at radius 3 is 2.69 bits per heavy atom. The molecule has 0 aliphatic carbocycles. The zero-order chi connectivity index (χ0) is 11.7. The van der Waals surface area contributed by atoms with Gasteiger partial charge in [-0.3, -0.25) is 4.79 Å². The van der Waals surface area contributed by atoms with Gasteiger partial charge in [-0.05, 0) is 6.92 Å². The van der Waals surface area contributed by atoms with E-state index in [1.165, 1.54) is 6.20 Å². The van der Waals surface area contributed by atoms with E-state index in [-0.39, 0.29) is 5.92 Å². The number of aldehydes is 1. The lowest BCUT2D eigenvalue weighted by atomic mass is 10.0. The van der Waals surface area contributed by atoms with Gasteiger partial charge in [-0.1, -0.05) is 24.2 Å². The van der Waals surface area contributed by atoms with Crippen molar-refractivity contribution in [1.82, 2.24) is 10.3 Å². The highest BCUT2D eigenvalue weighted by atomic mass is 16.5. The zero-order valence-corrected chi connectivity index (χ0v) is 9.35. The number of aromatic nitrogens is 2. The van der Waals surface area contributed by atoms with E-state index in [0.717, 1.165) is 11.3 Å². The van der Waals surface area contributed by atoms with Crippen molar-refractivity contribution in [2.24, 2.45) is 0 Å². The summed E-state index contributed by atoms with van der Waals surface area (Å²) in [5, 5.41) is 7.50. The van der Waals surface area contributed by atoms with Crippen LogP contribution in [-0.4, -0.2) is 16.6 Å². The van der Waals surface area contributed by atoms with Crippen molar-refractivity contribution in [2.75, 3.05) is 0 Å². The normalized spacial score (nSPS) is 11.0. The van der Waals surface area contributed by atoms with E-state index in [2.05, 4.69) is 10.3 Å². The molecule has 0 aromatic carbocycles. The van der Waals surface area contributed by atoms with Crippen LogP contribution in [0.1, 0.15) is 41.4 Å². The van der Waals surface area contributed by atoms with Crippen LogP contribution >= 0.6 is 0 Å². The third-order valence-electron chi connectivity index (χ3n) is 2.42. The lowest BCUT2D eigenvalue weighted by molar-refractivity contribution is 0.112. The fraction of sp³-hybridized carbons (Fsp3) is 0.364. The third-order valence-corrected chi connectivity index (χ3v) is 2.42. The maximum absolute atomic E-state index is 10.8. The molecule has 0 fully saturated rings. The molecule has 5 nitrogen and oxygen atoms in total. The molecule has 2 rings (SSSR count). The largest absolute Gasteiger partial charge is 0.360 e. The van der Waals surface area contributed by atoms with Gasteiger partial charge in [-0.25, -0.2) is 0 Å². The highest BCUT2D eigenvalue weighted by Crippen LogP contribution is 2.30. The molecule has 2 heterocycles. The van der Waals surface area contributed by atoms with Crippen LogP contribution in [0.15, 0.2) is 15.2 Å². The van der Waals surface area contributed by atoms with E-state index in [4.69, 9.17) is 9.05 Å². The Morgan fingerprint density at radius 2 is 2.12 bits per heavy atom. The zero-order valence-electron chi connectivity index (χ0n) is 9.35. The Kier molecular flexibility index (Phi) is 2.60. The first-order valence-electron chi connectivity index (χ1n) is 5.01. The van der Waals surface area contributed by atoms with Crippen LogP contribution in [0.25, 0.3) is 11.5 Å². The molecule has 5 heteroatoms. The SMILES string of the molecule is Cc1c(-c2oncc2C=O)noc1C(C)C. The minimum absolute atomic E-state index is 0.240. The van der Waals surface area contributed by atoms with Crippen LogP contribution in [-0.2, 0) is 0 Å². The van der Waals surface area contributed by atoms with Crippen LogP contribution in [0.4, 0.5) is 0 Å². The summed E-state index contributed by atoms with van der Waals surface area (Å²) in [4.78, 5) is 10.8. The summed E-state index contributed by atoms with van der Waals surface area (Å²) in [6.07, 6.45) is 2.06. The van der Waals surface area contributed by atoms with E-state index >= 15 is 0 Å². The molecule has 0 unspecified atom stereocenters. The number of rotatable bonds is 3. The van der Waals surface area contributed by atoms with E-state index in [0.29, 0.717) is 23.3 Å². The molecule has 0 N–H and O–H groups in total. The molecule has 0 saturated heterocycles. The van der Waals surface area contributed by atoms with E-state index in [9.17, 15) is 4.79 Å². The summed E-state index contributed by atoms with van der Waals surface area (Å²) < 4.78 is 10.2. The van der Waals surface area contributed by atoms with Gasteiger partial charge in [0.05, 0.1) is 11.8 Å². The van der Waals surface area contributed by atoms with Gasteiger partial charge in [0.15, 0.2) is 17.7 Å². The smallest absolute Gasteiger partial charge is 0.199 e. The van der Waals surface area contributed by atoms with E-state index in [1.54, 1.807) is 0 Å². The van der Waals surface area contributed by atoms with E-state index < -0.39 is 0 Å². The van der Waals surface area contributed by atoms with Crippen LogP contribution < -0.4 is 0 Å². The summed E-state index contributed by atoms with van der Waals surface area (Å²) in [6, 6.07) is 0. The second kappa shape index (κ2) is 3.92. The Bertz CT molecular complexity index is 511. The van der Waals surface area contributed by atoms with Gasteiger partial charge in [-0.15, -0.1) is 0 Å². The maximum atomic E-state index is 10.8. The average molecular weight is 220 g/mol. The molecular weight excluding hydrogens is 208 g/mol. The lowest BCUT2D eigenvalue weighted by Crippen LogP contribution is -1.88. The number of carbonyl (C=O) groups is 1. The molecule has 0 aliphatic rings. The molecule has 0 bridgehead atoms. The third kappa shape index (κ3) is 1.54. The molecule has 0 saturated carbocycles. The Labute approximate surface area is 92.4 Å². The molecule has 0 amide bonds. The number of nitrogens with zero attached hydrogens (tertiary/aromatic N) is 2. The van der Waals surface area contributed by atoms with Crippen LogP contribution in [0, 0.1) is 6.92 Å². The van der Waals surface area contributed by atoms with Crippen molar-refractivity contribution in [3.8, 4) is 11.5 Å². The van der Waals surface area contributed by atoms with Gasteiger partial charge in [0, 0.05) is 11.5 Å². The maximum Gasteiger partial charge on any atom is 0.199 e. The highest BCUT2D eigenvalue weighted by Gasteiger charge is 2.21. The van der Waals surface area contributed by atoms with Crippen LogP contribution in [0.5, 0.6) is 0 Å². The second-order valence-electron chi connectivity index (χ2n) is 3.90. The first kappa shape index (κ1) is 10.6. The summed E-state index contributed by atoms with van der Waals surface area (Å²) in [7, 11) is 0. The number of carbonyl (C=O) groups excluding carboxylic acids is 1. The van der Waals surface area contributed by atoms with Gasteiger partial charge < -0.3 is 9.05 Å². The average Bonchev–Trinajstić information content (AvgIpc) is 2.82. The first-order chi connectivity index (χ1) is 7.65. The monoisotopic (exact) mass is 220 g/mol. The van der Waals surface area contributed by atoms with Crippen molar-refractivity contribution in [3.63, 3.8) is 0 Å². The molecule has 0 spiro atoms. The number of hydrogen-bond donors (Lipinski definition) is 0. The molecule has 16 heavy (non-hydrogen) atoms. The minimum Gasteiger partial charge on any atom is -0.360 e. The topological polar surface area (TPSA) is 69.1 Å². The van der Waals surface area contributed by atoms with Gasteiger partial charge in [0.1, 0.15) is 5.76 Å². The Balaban J connectivity index is 2.53. The quantitative estimate of drug-likeness (QED) is 0.743. The molecule has 0 radical (unpaired) electrons. The summed E-state index contributed by atoms with van der Waals surface area (Å²) >= 11 is 0. The van der Waals surface area contributed by atoms with Crippen molar-refractivity contribution < 1.29 is 13.8 Å². The summed E-state index contributed by atoms with van der Waals surface area (Å²) in [5.74, 6) is 1.40. The summed E-state index contributed by atoms with van der Waals surface area (Å²) in [6.45, 7) is 5.91. The first-order valence-corrected chi connectivity index (χ1v) is 5.01. The van der Waals surface area contributed by atoms with Crippen molar-refractivity contribution in [1.29, 1.82) is 0 Å². The predicted molar refractivity (Wildman–Crippen MR) is 56.2 cm³/mol. The van der Waals surface area contributed by atoms with Crippen molar-refractivity contribution in [3.05, 3.63) is 23.1 Å². The molecule has 0 atom stereocenters. The number of hydrogen-bond acceptors (Lipinski definition) is 5. The fourth-order valence-electron chi connectivity index (χ4n) is 1.61. The fourth-order valence-corrected chi connectivity index (χ4v) is 1.61. The highest BCUT2D eigenvalue weighted by molar-refractivity contribution is 5.84. The van der Waals surface area contributed by atoms with Gasteiger partial charge in [0.25, 0.3) is 0 Å². The van der Waals surface area contributed by atoms with Gasteiger partial charge in [-0.2, -0.15) is 0 Å². The van der Waals surface area contributed by atoms with E-state index in [1.807, 2.05) is 20.8 Å². The Morgan fingerprint density at radius 1 is 1.38 bits per heavy atom. The van der Waals surface area contributed by atoms with Gasteiger partial charge in [0.2, 0.25) is 0 Å². The second-order valence-corrected chi connectivity index (χ2v) is 3.90. The minimum atomic E-state index is 0.240.